The molecule has 7 nitrogen and oxygen atoms in total. The maximum absolute atomic E-state index is 12.2. The summed E-state index contributed by atoms with van der Waals surface area (Å²) >= 11 is 0. The molecule has 3 aromatic rings. The highest BCUT2D eigenvalue weighted by atomic mass is 16.2. The van der Waals surface area contributed by atoms with E-state index in [-0.39, 0.29) is 11.9 Å². The van der Waals surface area contributed by atoms with Crippen molar-refractivity contribution in [2.45, 2.75) is 59.0 Å². The van der Waals surface area contributed by atoms with Gasteiger partial charge in [-0.25, -0.2) is 4.68 Å². The van der Waals surface area contributed by atoms with Crippen molar-refractivity contribution in [1.29, 1.82) is 0 Å². The fourth-order valence-corrected chi connectivity index (χ4v) is 5.36. The summed E-state index contributed by atoms with van der Waals surface area (Å²) in [6.45, 7) is 11.3. The minimum absolute atomic E-state index is 0.00477. The highest BCUT2D eigenvalue weighted by Gasteiger charge is 2.27. The topological polar surface area (TPSA) is 75.1 Å². The summed E-state index contributed by atoms with van der Waals surface area (Å²) in [6, 6.07) is 10.7. The smallest absolute Gasteiger partial charge is 0.252 e. The van der Waals surface area contributed by atoms with Crippen molar-refractivity contribution in [3.63, 3.8) is 0 Å². The van der Waals surface area contributed by atoms with Crippen molar-refractivity contribution in [3.8, 4) is 11.4 Å². The predicted octanol–water partition coefficient (Wildman–Crippen LogP) is 4.94. The van der Waals surface area contributed by atoms with Crippen molar-refractivity contribution in [2.24, 2.45) is 0 Å². The van der Waals surface area contributed by atoms with Gasteiger partial charge in [-0.15, -0.1) is 5.10 Å². The van der Waals surface area contributed by atoms with Crippen molar-refractivity contribution in [3.05, 3.63) is 58.1 Å². The summed E-state index contributed by atoms with van der Waals surface area (Å²) in [5.41, 5.74) is 7.51. The lowest BCUT2D eigenvalue weighted by Crippen LogP contribution is -2.31. The zero-order chi connectivity index (χ0) is 24.0. The number of benzene rings is 2. The van der Waals surface area contributed by atoms with E-state index in [2.05, 4.69) is 60.7 Å². The Balaban J connectivity index is 1.43. The van der Waals surface area contributed by atoms with Gasteiger partial charge in [-0.2, -0.15) is 4.98 Å². The molecule has 0 bridgehead atoms. The lowest BCUT2D eigenvalue weighted by molar-refractivity contribution is 0.0958. The maximum Gasteiger partial charge on any atom is 0.252 e. The molecule has 2 aliphatic heterocycles. The van der Waals surface area contributed by atoms with Gasteiger partial charge in [0.2, 0.25) is 5.95 Å². The Bertz CT molecular complexity index is 1250. The second-order valence-electron chi connectivity index (χ2n) is 9.82. The fourth-order valence-electron chi connectivity index (χ4n) is 5.36. The third kappa shape index (κ3) is 4.09. The molecule has 0 aliphatic carbocycles. The quantitative estimate of drug-likeness (QED) is 0.567. The number of nitrogens with zero attached hydrogens (tertiary/aromatic N) is 4. The Morgan fingerprint density at radius 2 is 1.97 bits per heavy atom. The average Bonchev–Trinajstić information content (AvgIpc) is 3.34. The molecule has 2 aliphatic rings. The highest BCUT2D eigenvalue weighted by molar-refractivity contribution is 6.00. The van der Waals surface area contributed by atoms with Crippen molar-refractivity contribution in [2.75, 3.05) is 25.5 Å². The number of aryl methyl sites for hydroxylation is 3. The van der Waals surface area contributed by atoms with Crippen LogP contribution in [-0.4, -0.2) is 45.7 Å². The lowest BCUT2D eigenvalue weighted by atomic mass is 9.87. The molecule has 2 aromatic carbocycles. The molecule has 2 atom stereocenters. The number of piperidine rings is 1. The molecule has 0 radical (unpaired) electrons. The van der Waals surface area contributed by atoms with Crippen LogP contribution < -0.4 is 10.6 Å². The number of anilines is 2. The van der Waals surface area contributed by atoms with Crippen LogP contribution >= 0.6 is 0 Å². The lowest BCUT2D eigenvalue weighted by Gasteiger charge is -2.30. The second kappa shape index (κ2) is 8.87. The molecule has 0 spiro atoms. The van der Waals surface area contributed by atoms with Gasteiger partial charge in [0, 0.05) is 29.9 Å². The molecule has 0 saturated carbocycles. The van der Waals surface area contributed by atoms with Crippen LogP contribution in [0.3, 0.4) is 0 Å². The highest BCUT2D eigenvalue weighted by Crippen LogP contribution is 2.33. The van der Waals surface area contributed by atoms with Crippen LogP contribution in [0.1, 0.15) is 71.3 Å². The molecule has 34 heavy (non-hydrogen) atoms. The molecule has 178 valence electrons. The van der Waals surface area contributed by atoms with Gasteiger partial charge in [0.05, 0.1) is 6.04 Å². The number of likely N-dealkylation sites (tertiary alicyclic amines) is 1. The minimum atomic E-state index is -0.00477. The van der Waals surface area contributed by atoms with Crippen LogP contribution in [0.4, 0.5) is 11.6 Å². The number of amides is 1. The van der Waals surface area contributed by atoms with Crippen LogP contribution in [0.5, 0.6) is 0 Å². The third-order valence-corrected chi connectivity index (χ3v) is 7.27. The summed E-state index contributed by atoms with van der Waals surface area (Å²) < 4.78 is 1.90. The maximum atomic E-state index is 12.2. The zero-order valence-corrected chi connectivity index (χ0v) is 20.8. The Labute approximate surface area is 201 Å². The Kier molecular flexibility index (Phi) is 5.90. The SMILES string of the molecule is CCn1nc(-c2ccc(C3CCCN(C)C3)c(C)c2)nc1Nc1cc2c(cc1C)C(=O)NC2C. The zero-order valence-electron chi connectivity index (χ0n) is 20.8. The van der Waals surface area contributed by atoms with Crippen molar-refractivity contribution < 1.29 is 4.79 Å². The third-order valence-electron chi connectivity index (χ3n) is 7.27. The number of likely N-dealkylation sites (N-methyl/N-ethyl adjacent to an activating group) is 1. The normalized spacial score (nSPS) is 20.3. The largest absolute Gasteiger partial charge is 0.345 e. The standard InChI is InChI=1S/C27H34N6O/c1-6-33-27(29-24-14-22-18(4)28-26(34)23(22)13-17(24)3)30-25(31-33)19-9-10-21(16(2)12-19)20-8-7-11-32(5)15-20/h9-10,12-14,18,20H,6-8,11,15H2,1-5H3,(H,28,34)(H,29,30,31). The number of hydrogen-bond acceptors (Lipinski definition) is 5. The molecule has 1 amide bonds. The van der Waals surface area contributed by atoms with Gasteiger partial charge in [0.25, 0.3) is 5.91 Å². The summed E-state index contributed by atoms with van der Waals surface area (Å²) in [5.74, 6) is 2.03. The molecular weight excluding hydrogens is 424 g/mol. The first-order valence-corrected chi connectivity index (χ1v) is 12.3. The average molecular weight is 459 g/mol. The molecule has 1 saturated heterocycles. The van der Waals surface area contributed by atoms with E-state index in [4.69, 9.17) is 10.1 Å². The number of nitrogens with one attached hydrogen (secondary N) is 2. The van der Waals surface area contributed by atoms with E-state index in [1.807, 2.05) is 24.6 Å². The summed E-state index contributed by atoms with van der Waals surface area (Å²) in [4.78, 5) is 19.5. The molecule has 5 rings (SSSR count). The summed E-state index contributed by atoms with van der Waals surface area (Å²) in [7, 11) is 2.21. The monoisotopic (exact) mass is 458 g/mol. The molecule has 2 unspecified atom stereocenters. The van der Waals surface area contributed by atoms with E-state index >= 15 is 0 Å². The minimum Gasteiger partial charge on any atom is -0.345 e. The van der Waals surface area contributed by atoms with Gasteiger partial charge in [-0.05, 0) is 100 Å². The molecule has 1 fully saturated rings. The van der Waals surface area contributed by atoms with E-state index in [9.17, 15) is 4.79 Å². The molecule has 7 heteroatoms. The first kappa shape index (κ1) is 22.6. The van der Waals surface area contributed by atoms with Gasteiger partial charge in [-0.1, -0.05) is 12.1 Å². The summed E-state index contributed by atoms with van der Waals surface area (Å²) in [6.07, 6.45) is 2.51. The van der Waals surface area contributed by atoms with E-state index in [1.54, 1.807) is 0 Å². The van der Waals surface area contributed by atoms with E-state index in [0.29, 0.717) is 18.4 Å². The van der Waals surface area contributed by atoms with Crippen molar-refractivity contribution >= 4 is 17.5 Å². The number of hydrogen-bond donors (Lipinski definition) is 2. The van der Waals surface area contributed by atoms with Gasteiger partial charge in [0.1, 0.15) is 0 Å². The van der Waals surface area contributed by atoms with Gasteiger partial charge < -0.3 is 15.5 Å². The number of aromatic nitrogens is 3. The van der Waals surface area contributed by atoms with E-state index in [1.165, 1.54) is 30.5 Å². The number of fused-ring (bicyclic) bond motifs is 1. The van der Waals surface area contributed by atoms with Gasteiger partial charge >= 0.3 is 0 Å². The predicted molar refractivity (Wildman–Crippen MR) is 136 cm³/mol. The first-order chi connectivity index (χ1) is 16.3. The Hall–Kier alpha value is -3.19. The van der Waals surface area contributed by atoms with Crippen LogP contribution in [-0.2, 0) is 6.54 Å². The second-order valence-corrected chi connectivity index (χ2v) is 9.82. The van der Waals surface area contributed by atoms with Crippen LogP contribution in [0.2, 0.25) is 0 Å². The molecular formula is C27H34N6O. The van der Waals surface area contributed by atoms with Gasteiger partial charge in [0.15, 0.2) is 5.82 Å². The van der Waals surface area contributed by atoms with Crippen molar-refractivity contribution in [1.82, 2.24) is 25.0 Å². The van der Waals surface area contributed by atoms with E-state index in [0.717, 1.165) is 40.3 Å². The van der Waals surface area contributed by atoms with E-state index < -0.39 is 0 Å². The van der Waals surface area contributed by atoms with Crippen LogP contribution in [0.25, 0.3) is 11.4 Å². The van der Waals surface area contributed by atoms with Crippen LogP contribution in [0, 0.1) is 13.8 Å². The first-order valence-electron chi connectivity index (χ1n) is 12.3. The molecule has 1 aromatic heterocycles. The molecule has 2 N–H and O–H groups in total. The molecule has 3 heterocycles. The summed E-state index contributed by atoms with van der Waals surface area (Å²) in [5, 5.41) is 11.2. The number of carbonyl (C=O) groups is 1. The van der Waals surface area contributed by atoms with Crippen LogP contribution in [0.15, 0.2) is 30.3 Å². The number of rotatable bonds is 5. The fraction of sp³-hybridized carbons (Fsp3) is 0.444. The number of carbonyl (C=O) groups excluding carboxylic acids is 1. The Morgan fingerprint density at radius 1 is 1.15 bits per heavy atom. The van der Waals surface area contributed by atoms with Gasteiger partial charge in [-0.3, -0.25) is 4.79 Å². The Morgan fingerprint density at radius 3 is 2.71 bits per heavy atom.